The summed E-state index contributed by atoms with van der Waals surface area (Å²) in [5.74, 6) is 0. The van der Waals surface area contributed by atoms with Crippen molar-refractivity contribution in [2.24, 2.45) is 0 Å². The maximum Gasteiger partial charge on any atom is 0.515 e. The van der Waals surface area contributed by atoms with Crippen molar-refractivity contribution in [2.75, 3.05) is 59.0 Å². The fraction of sp³-hybridized carbons (Fsp3) is 1.00. The molecule has 0 amide bonds. The molecule has 0 spiro atoms. The third kappa shape index (κ3) is 8.50. The molecule has 0 unspecified atom stereocenters. The average molecular weight is 384 g/mol. The van der Waals surface area contributed by atoms with Gasteiger partial charge in [-0.15, -0.1) is 0 Å². The molecule has 0 aromatic carbocycles. The standard InChI is InChI=1S/C15H37NO6Si2/c1-8-17-23(18-9-2,19-10-3)14-16(7)15-24(20-11-4,21-12-5)22-13-6/h8-15H2,1-7H3. The Hall–Kier alpha value is 0.154. The highest BCUT2D eigenvalue weighted by Crippen LogP contribution is 2.16. The second kappa shape index (κ2) is 13.4. The molecule has 0 aromatic rings. The Bertz CT molecular complexity index is 250. The van der Waals surface area contributed by atoms with Crippen molar-refractivity contribution in [3.05, 3.63) is 0 Å². The lowest BCUT2D eigenvalue weighted by molar-refractivity contribution is 0.0463. The summed E-state index contributed by atoms with van der Waals surface area (Å²) in [5.41, 5.74) is 0. The van der Waals surface area contributed by atoms with E-state index in [9.17, 15) is 0 Å². The lowest BCUT2D eigenvalue weighted by Crippen LogP contribution is -2.60. The minimum Gasteiger partial charge on any atom is -0.373 e. The van der Waals surface area contributed by atoms with Gasteiger partial charge in [0.15, 0.2) is 0 Å². The molecule has 0 N–H and O–H groups in total. The monoisotopic (exact) mass is 383 g/mol. The summed E-state index contributed by atoms with van der Waals surface area (Å²) in [6.07, 6.45) is 1.15. The van der Waals surface area contributed by atoms with Gasteiger partial charge in [0, 0.05) is 39.6 Å². The first-order valence-corrected chi connectivity index (χ1v) is 12.8. The SMILES string of the molecule is CCO[Si](CN(C)C[Si](OCC)(OCC)OCC)(OCC)OCC. The smallest absolute Gasteiger partial charge is 0.373 e. The maximum absolute atomic E-state index is 5.92. The molecule has 0 aromatic heterocycles. The van der Waals surface area contributed by atoms with E-state index in [-0.39, 0.29) is 0 Å². The van der Waals surface area contributed by atoms with Crippen LogP contribution in [-0.4, -0.2) is 81.5 Å². The average Bonchev–Trinajstić information content (AvgIpc) is 2.48. The molecule has 9 heteroatoms. The van der Waals surface area contributed by atoms with Crippen molar-refractivity contribution in [3.63, 3.8) is 0 Å². The molecule has 0 heterocycles. The largest absolute Gasteiger partial charge is 0.515 e. The summed E-state index contributed by atoms with van der Waals surface area (Å²) in [6.45, 7) is 15.1. The highest BCUT2D eigenvalue weighted by atomic mass is 28.4. The molecule has 0 aliphatic carbocycles. The van der Waals surface area contributed by atoms with Crippen molar-refractivity contribution >= 4 is 17.6 Å². The summed E-state index contributed by atoms with van der Waals surface area (Å²) in [5, 5.41) is 0. The number of rotatable bonds is 16. The van der Waals surface area contributed by atoms with Crippen molar-refractivity contribution in [3.8, 4) is 0 Å². The van der Waals surface area contributed by atoms with Gasteiger partial charge in [-0.3, -0.25) is 4.90 Å². The van der Waals surface area contributed by atoms with Gasteiger partial charge in [-0.1, -0.05) is 0 Å². The van der Waals surface area contributed by atoms with Crippen LogP contribution in [-0.2, 0) is 26.6 Å². The van der Waals surface area contributed by atoms with Crippen LogP contribution in [0.5, 0.6) is 0 Å². The van der Waals surface area contributed by atoms with Crippen molar-refractivity contribution in [1.82, 2.24) is 4.90 Å². The van der Waals surface area contributed by atoms with E-state index < -0.39 is 17.6 Å². The second-order valence-electron chi connectivity index (χ2n) is 5.14. The molecular formula is C15H37NO6Si2. The third-order valence-corrected chi connectivity index (χ3v) is 9.34. The van der Waals surface area contributed by atoms with Gasteiger partial charge in [0.2, 0.25) is 0 Å². The summed E-state index contributed by atoms with van der Waals surface area (Å²) in [6, 6.07) is 0. The van der Waals surface area contributed by atoms with E-state index in [0.29, 0.717) is 52.0 Å². The van der Waals surface area contributed by atoms with Crippen LogP contribution >= 0.6 is 0 Å². The first kappa shape index (κ1) is 24.2. The van der Waals surface area contributed by atoms with Crippen molar-refractivity contribution < 1.29 is 26.6 Å². The van der Waals surface area contributed by atoms with Crippen LogP contribution < -0.4 is 0 Å². The van der Waals surface area contributed by atoms with Crippen LogP contribution in [0.15, 0.2) is 0 Å². The molecule has 0 bridgehead atoms. The van der Waals surface area contributed by atoms with Crippen LogP contribution in [0.1, 0.15) is 41.5 Å². The van der Waals surface area contributed by atoms with E-state index in [1.54, 1.807) is 0 Å². The summed E-state index contributed by atoms with van der Waals surface area (Å²) in [7, 11) is -3.49. The maximum atomic E-state index is 5.92. The quantitative estimate of drug-likeness (QED) is 0.378. The van der Waals surface area contributed by atoms with E-state index in [0.717, 1.165) is 0 Å². The fourth-order valence-corrected chi connectivity index (χ4v) is 8.02. The van der Waals surface area contributed by atoms with Gasteiger partial charge in [0.05, 0.1) is 12.3 Å². The van der Waals surface area contributed by atoms with Crippen LogP contribution in [0, 0.1) is 0 Å². The third-order valence-electron chi connectivity index (χ3n) is 3.11. The van der Waals surface area contributed by atoms with Gasteiger partial charge in [-0.25, -0.2) is 0 Å². The second-order valence-corrected chi connectivity index (χ2v) is 10.2. The van der Waals surface area contributed by atoms with E-state index in [1.807, 2.05) is 48.6 Å². The zero-order valence-corrected chi connectivity index (χ0v) is 18.6. The Morgan fingerprint density at radius 1 is 0.500 bits per heavy atom. The molecule has 0 rings (SSSR count). The molecule has 146 valence electrons. The molecule has 0 aliphatic heterocycles. The van der Waals surface area contributed by atoms with Crippen molar-refractivity contribution in [1.29, 1.82) is 0 Å². The topological polar surface area (TPSA) is 58.6 Å². The minimum atomic E-state index is -2.75. The van der Waals surface area contributed by atoms with E-state index in [4.69, 9.17) is 26.6 Å². The molecule has 0 saturated heterocycles. The molecule has 0 saturated carbocycles. The van der Waals surface area contributed by atoms with Gasteiger partial charge >= 0.3 is 17.6 Å². The predicted octanol–water partition coefficient (Wildman–Crippen LogP) is 2.09. The number of hydrogen-bond donors (Lipinski definition) is 0. The Morgan fingerprint density at radius 2 is 0.708 bits per heavy atom. The molecule has 7 nitrogen and oxygen atoms in total. The fourth-order valence-electron chi connectivity index (χ4n) is 2.56. The highest BCUT2D eigenvalue weighted by molar-refractivity contribution is 6.62. The number of nitrogens with zero attached hydrogens (tertiary/aromatic N) is 1. The molecule has 24 heavy (non-hydrogen) atoms. The Kier molecular flexibility index (Phi) is 13.5. The zero-order valence-electron chi connectivity index (χ0n) is 16.6. The zero-order chi connectivity index (χ0) is 18.5. The lowest BCUT2D eigenvalue weighted by Gasteiger charge is -2.35. The van der Waals surface area contributed by atoms with Gasteiger partial charge in [0.1, 0.15) is 0 Å². The van der Waals surface area contributed by atoms with Gasteiger partial charge in [-0.2, -0.15) is 0 Å². The normalized spacial score (nSPS) is 13.0. The molecule has 0 fully saturated rings. The van der Waals surface area contributed by atoms with Crippen LogP contribution in [0.4, 0.5) is 0 Å². The molecule has 0 aliphatic rings. The summed E-state index contributed by atoms with van der Waals surface area (Å²) >= 11 is 0. The van der Waals surface area contributed by atoms with Crippen molar-refractivity contribution in [2.45, 2.75) is 41.5 Å². The Labute approximate surface area is 150 Å². The first-order chi connectivity index (χ1) is 11.5. The lowest BCUT2D eigenvalue weighted by atomic mass is 10.9. The first-order valence-electron chi connectivity index (χ1n) is 8.99. The van der Waals surface area contributed by atoms with Crippen LogP contribution in [0.2, 0.25) is 0 Å². The Balaban J connectivity index is 5.12. The van der Waals surface area contributed by atoms with E-state index in [2.05, 4.69) is 4.90 Å². The summed E-state index contributed by atoms with van der Waals surface area (Å²) in [4.78, 5) is 2.10. The van der Waals surface area contributed by atoms with E-state index in [1.165, 1.54) is 0 Å². The highest BCUT2D eigenvalue weighted by Gasteiger charge is 2.47. The molecular weight excluding hydrogens is 346 g/mol. The van der Waals surface area contributed by atoms with Gasteiger partial charge in [-0.05, 0) is 48.6 Å². The summed E-state index contributed by atoms with van der Waals surface area (Å²) < 4.78 is 35.5. The molecule has 0 atom stereocenters. The van der Waals surface area contributed by atoms with Gasteiger partial charge in [0.25, 0.3) is 0 Å². The predicted molar refractivity (Wildman–Crippen MR) is 98.8 cm³/mol. The van der Waals surface area contributed by atoms with E-state index >= 15 is 0 Å². The number of hydrogen-bond acceptors (Lipinski definition) is 7. The molecule has 0 radical (unpaired) electrons. The Morgan fingerprint density at radius 3 is 0.875 bits per heavy atom. The van der Waals surface area contributed by atoms with Crippen LogP contribution in [0.3, 0.4) is 0 Å². The van der Waals surface area contributed by atoms with Crippen LogP contribution in [0.25, 0.3) is 0 Å². The van der Waals surface area contributed by atoms with Gasteiger partial charge < -0.3 is 26.6 Å². The minimum absolute atomic E-state index is 0.561.